The molecule has 0 unspecified atom stereocenters. The van der Waals surface area contributed by atoms with Crippen LogP contribution in [-0.4, -0.2) is 44.2 Å². The average Bonchev–Trinajstić information content (AvgIpc) is 2.64. The molecule has 2 amide bonds. The maximum absolute atomic E-state index is 12.6. The van der Waals surface area contributed by atoms with Crippen molar-refractivity contribution >= 4 is 29.0 Å². The Morgan fingerprint density at radius 2 is 1.85 bits per heavy atom. The van der Waals surface area contributed by atoms with Gasteiger partial charge in [-0.15, -0.1) is 0 Å². The third-order valence-electron chi connectivity index (χ3n) is 4.74. The van der Waals surface area contributed by atoms with Crippen molar-refractivity contribution in [2.75, 3.05) is 43.5 Å². The highest BCUT2D eigenvalue weighted by molar-refractivity contribution is 6.31. The van der Waals surface area contributed by atoms with E-state index in [2.05, 4.69) is 16.3 Å². The van der Waals surface area contributed by atoms with Gasteiger partial charge >= 0.3 is 6.03 Å². The highest BCUT2D eigenvalue weighted by Gasteiger charge is 2.23. The minimum atomic E-state index is -0.101. The van der Waals surface area contributed by atoms with Gasteiger partial charge in [0.05, 0.1) is 12.8 Å². The van der Waals surface area contributed by atoms with E-state index in [1.54, 1.807) is 7.11 Å². The molecule has 0 aromatic heterocycles. The molecule has 0 radical (unpaired) electrons. The Hall–Kier alpha value is -2.40. The number of piperazine rings is 1. The van der Waals surface area contributed by atoms with Crippen LogP contribution in [0.4, 0.5) is 16.2 Å². The van der Waals surface area contributed by atoms with Gasteiger partial charge in [0.2, 0.25) is 0 Å². The largest absolute Gasteiger partial charge is 0.495 e. The number of carbonyl (C=O) groups is 1. The highest BCUT2D eigenvalue weighted by atomic mass is 35.5. The molecule has 0 saturated carbocycles. The smallest absolute Gasteiger partial charge is 0.322 e. The molecule has 1 aliphatic heterocycles. The lowest BCUT2D eigenvalue weighted by molar-refractivity contribution is 0.208. The molecule has 2 aromatic carbocycles. The number of urea groups is 1. The average molecular weight is 374 g/mol. The Morgan fingerprint density at radius 1 is 1.12 bits per heavy atom. The molecule has 1 fully saturated rings. The van der Waals surface area contributed by atoms with E-state index in [0.29, 0.717) is 24.5 Å². The molecule has 0 atom stereocenters. The molecule has 1 aliphatic rings. The Kier molecular flexibility index (Phi) is 5.57. The van der Waals surface area contributed by atoms with Crippen molar-refractivity contribution in [1.29, 1.82) is 0 Å². The number of ether oxygens (including phenoxy) is 1. The van der Waals surface area contributed by atoms with E-state index in [-0.39, 0.29) is 6.03 Å². The number of nitrogens with one attached hydrogen (secondary N) is 1. The van der Waals surface area contributed by atoms with Crippen LogP contribution in [0.15, 0.2) is 36.4 Å². The third-order valence-corrected chi connectivity index (χ3v) is 5.15. The number of benzene rings is 2. The third kappa shape index (κ3) is 3.88. The number of aryl methyl sites for hydroxylation is 1. The second-order valence-corrected chi connectivity index (χ2v) is 6.90. The summed E-state index contributed by atoms with van der Waals surface area (Å²) in [4.78, 5) is 16.7. The summed E-state index contributed by atoms with van der Waals surface area (Å²) in [6.07, 6.45) is 0. The fourth-order valence-corrected chi connectivity index (χ4v) is 3.37. The summed E-state index contributed by atoms with van der Waals surface area (Å²) in [6.45, 7) is 6.89. The van der Waals surface area contributed by atoms with Crippen LogP contribution in [0.3, 0.4) is 0 Å². The van der Waals surface area contributed by atoms with Gasteiger partial charge in [-0.1, -0.05) is 23.7 Å². The predicted molar refractivity (Wildman–Crippen MR) is 107 cm³/mol. The van der Waals surface area contributed by atoms with Crippen LogP contribution in [0.25, 0.3) is 0 Å². The summed E-state index contributed by atoms with van der Waals surface area (Å²) in [6, 6.07) is 11.6. The SMILES string of the molecule is COc1ccc(C)cc1NC(=O)N1CCN(c2cccc(Cl)c2C)CC1. The van der Waals surface area contributed by atoms with Gasteiger partial charge in [0.25, 0.3) is 0 Å². The Bertz CT molecular complexity index is 802. The van der Waals surface area contributed by atoms with Gasteiger partial charge in [-0.3, -0.25) is 0 Å². The summed E-state index contributed by atoms with van der Waals surface area (Å²) in [5.74, 6) is 0.664. The van der Waals surface area contributed by atoms with Gasteiger partial charge in [-0.05, 0) is 49.2 Å². The van der Waals surface area contributed by atoms with Gasteiger partial charge < -0.3 is 19.9 Å². The van der Waals surface area contributed by atoms with Crippen molar-refractivity contribution in [3.05, 3.63) is 52.5 Å². The standard InChI is InChI=1S/C20H24ClN3O2/c1-14-7-8-19(26-3)17(13-14)22-20(25)24-11-9-23(10-12-24)18-6-4-5-16(21)15(18)2/h4-8,13H,9-12H2,1-3H3,(H,22,25). The number of amides is 2. The minimum Gasteiger partial charge on any atom is -0.495 e. The van der Waals surface area contributed by atoms with Crippen LogP contribution in [0.5, 0.6) is 5.75 Å². The van der Waals surface area contributed by atoms with Crippen molar-refractivity contribution in [2.24, 2.45) is 0 Å². The first-order valence-electron chi connectivity index (χ1n) is 8.70. The van der Waals surface area contributed by atoms with Crippen molar-refractivity contribution in [2.45, 2.75) is 13.8 Å². The van der Waals surface area contributed by atoms with Crippen molar-refractivity contribution < 1.29 is 9.53 Å². The maximum Gasteiger partial charge on any atom is 0.322 e. The molecule has 0 bridgehead atoms. The molecule has 6 heteroatoms. The van der Waals surface area contributed by atoms with Crippen LogP contribution < -0.4 is 15.0 Å². The molecule has 2 aromatic rings. The zero-order valence-corrected chi connectivity index (χ0v) is 16.1. The first-order valence-corrected chi connectivity index (χ1v) is 9.08. The summed E-state index contributed by atoms with van der Waals surface area (Å²) in [7, 11) is 1.60. The van der Waals surface area contributed by atoms with Crippen LogP contribution >= 0.6 is 11.6 Å². The van der Waals surface area contributed by atoms with Gasteiger partial charge in [-0.25, -0.2) is 4.79 Å². The lowest BCUT2D eigenvalue weighted by Gasteiger charge is -2.37. The van der Waals surface area contributed by atoms with Crippen molar-refractivity contribution in [1.82, 2.24) is 4.90 Å². The van der Waals surface area contributed by atoms with E-state index < -0.39 is 0 Å². The molecule has 0 aliphatic carbocycles. The molecule has 3 rings (SSSR count). The second kappa shape index (κ2) is 7.87. The first kappa shape index (κ1) is 18.4. The fraction of sp³-hybridized carbons (Fsp3) is 0.350. The van der Waals surface area contributed by atoms with E-state index in [9.17, 15) is 4.79 Å². The van der Waals surface area contributed by atoms with Crippen LogP contribution in [-0.2, 0) is 0 Å². The number of methoxy groups -OCH3 is 1. The number of hydrogen-bond donors (Lipinski definition) is 1. The van der Waals surface area contributed by atoms with E-state index in [1.165, 1.54) is 0 Å². The second-order valence-electron chi connectivity index (χ2n) is 6.49. The number of anilines is 2. The van der Waals surface area contributed by atoms with E-state index in [4.69, 9.17) is 16.3 Å². The van der Waals surface area contributed by atoms with Gasteiger partial charge in [0, 0.05) is 36.9 Å². The lowest BCUT2D eigenvalue weighted by atomic mass is 10.1. The van der Waals surface area contributed by atoms with Crippen LogP contribution in [0.1, 0.15) is 11.1 Å². The molecule has 0 spiro atoms. The van der Waals surface area contributed by atoms with Gasteiger partial charge in [0.15, 0.2) is 0 Å². The van der Waals surface area contributed by atoms with E-state index in [1.807, 2.05) is 49.1 Å². The summed E-state index contributed by atoms with van der Waals surface area (Å²) >= 11 is 6.23. The molecule has 5 nitrogen and oxygen atoms in total. The molecule has 138 valence electrons. The predicted octanol–water partition coefficient (Wildman–Crippen LogP) is 4.32. The van der Waals surface area contributed by atoms with Gasteiger partial charge in [-0.2, -0.15) is 0 Å². The summed E-state index contributed by atoms with van der Waals surface area (Å²) in [5.41, 5.74) is 3.99. The number of hydrogen-bond acceptors (Lipinski definition) is 3. The number of carbonyl (C=O) groups excluding carboxylic acids is 1. The fourth-order valence-electron chi connectivity index (χ4n) is 3.20. The normalized spacial score (nSPS) is 14.3. The highest BCUT2D eigenvalue weighted by Crippen LogP contribution is 2.28. The number of rotatable bonds is 3. The Balaban J connectivity index is 1.64. The monoisotopic (exact) mass is 373 g/mol. The Labute approximate surface area is 159 Å². The first-order chi connectivity index (χ1) is 12.5. The molecule has 1 saturated heterocycles. The maximum atomic E-state index is 12.6. The molecule has 1 N–H and O–H groups in total. The van der Waals surface area contributed by atoms with Crippen LogP contribution in [0, 0.1) is 13.8 Å². The molecular weight excluding hydrogens is 350 g/mol. The zero-order chi connectivity index (χ0) is 18.7. The number of halogens is 1. The van der Waals surface area contributed by atoms with Crippen LogP contribution in [0.2, 0.25) is 5.02 Å². The molecule has 26 heavy (non-hydrogen) atoms. The van der Waals surface area contributed by atoms with Gasteiger partial charge in [0.1, 0.15) is 5.75 Å². The van der Waals surface area contributed by atoms with Crippen molar-refractivity contribution in [3.63, 3.8) is 0 Å². The van der Waals surface area contributed by atoms with E-state index >= 15 is 0 Å². The lowest BCUT2D eigenvalue weighted by Crippen LogP contribution is -2.50. The summed E-state index contributed by atoms with van der Waals surface area (Å²) < 4.78 is 5.33. The molecule has 1 heterocycles. The minimum absolute atomic E-state index is 0.101. The zero-order valence-electron chi connectivity index (χ0n) is 15.4. The quantitative estimate of drug-likeness (QED) is 0.871. The topological polar surface area (TPSA) is 44.8 Å². The van der Waals surface area contributed by atoms with E-state index in [0.717, 1.165) is 34.9 Å². The molecular formula is C20H24ClN3O2. The number of nitrogens with zero attached hydrogens (tertiary/aromatic N) is 2. The Morgan fingerprint density at radius 3 is 2.54 bits per heavy atom. The van der Waals surface area contributed by atoms with Crippen molar-refractivity contribution in [3.8, 4) is 5.75 Å². The summed E-state index contributed by atoms with van der Waals surface area (Å²) in [5, 5.41) is 3.74.